The standard InChI is InChI=1S/C19H27FN4O2/c1-5-26-15-11-19(21,18(15,2)3)17(25)22-9-8-16-23-13-7-6-12(20)10-14(13)24(16)4/h6-7,10,15H,5,8-9,11,21H2,1-4H3,(H,22,25). The fourth-order valence-electron chi connectivity index (χ4n) is 3.70. The molecule has 1 amide bonds. The third-order valence-corrected chi connectivity index (χ3v) is 5.80. The van der Waals surface area contributed by atoms with Gasteiger partial charge in [0.1, 0.15) is 17.2 Å². The third-order valence-electron chi connectivity index (χ3n) is 5.80. The van der Waals surface area contributed by atoms with E-state index in [0.717, 1.165) is 16.9 Å². The summed E-state index contributed by atoms with van der Waals surface area (Å²) in [5.41, 5.74) is 6.51. The van der Waals surface area contributed by atoms with Gasteiger partial charge in [-0.15, -0.1) is 0 Å². The summed E-state index contributed by atoms with van der Waals surface area (Å²) in [5.74, 6) is 0.335. The second kappa shape index (κ2) is 6.63. The number of hydrogen-bond donors (Lipinski definition) is 2. The van der Waals surface area contributed by atoms with Crippen LogP contribution in [0.5, 0.6) is 0 Å². The lowest BCUT2D eigenvalue weighted by Gasteiger charge is -2.57. The molecule has 0 saturated heterocycles. The van der Waals surface area contributed by atoms with Gasteiger partial charge in [-0.3, -0.25) is 4.79 Å². The first-order valence-corrected chi connectivity index (χ1v) is 9.00. The topological polar surface area (TPSA) is 82.2 Å². The Morgan fingerprint density at radius 3 is 2.88 bits per heavy atom. The number of nitrogens with one attached hydrogen (secondary N) is 1. The second-order valence-electron chi connectivity index (χ2n) is 7.57. The summed E-state index contributed by atoms with van der Waals surface area (Å²) in [6.07, 6.45) is 1.06. The van der Waals surface area contributed by atoms with E-state index in [4.69, 9.17) is 10.5 Å². The highest BCUT2D eigenvalue weighted by molar-refractivity contribution is 5.88. The van der Waals surface area contributed by atoms with Crippen molar-refractivity contribution in [3.63, 3.8) is 0 Å². The highest BCUT2D eigenvalue weighted by Gasteiger charge is 2.62. The van der Waals surface area contributed by atoms with Crippen LogP contribution in [0.15, 0.2) is 18.2 Å². The number of nitrogens with two attached hydrogens (primary N) is 1. The van der Waals surface area contributed by atoms with Gasteiger partial charge in [-0.25, -0.2) is 9.37 Å². The molecule has 1 aromatic heterocycles. The Balaban J connectivity index is 1.62. The van der Waals surface area contributed by atoms with Crippen LogP contribution in [-0.4, -0.2) is 40.3 Å². The fourth-order valence-corrected chi connectivity index (χ4v) is 3.70. The van der Waals surface area contributed by atoms with Gasteiger partial charge in [0.25, 0.3) is 0 Å². The number of rotatable bonds is 6. The maximum Gasteiger partial charge on any atom is 0.240 e. The smallest absolute Gasteiger partial charge is 0.240 e. The predicted octanol–water partition coefficient (Wildman–Crippen LogP) is 1.90. The van der Waals surface area contributed by atoms with E-state index >= 15 is 0 Å². The zero-order chi connectivity index (χ0) is 19.1. The van der Waals surface area contributed by atoms with Gasteiger partial charge in [0.2, 0.25) is 5.91 Å². The second-order valence-corrected chi connectivity index (χ2v) is 7.57. The van der Waals surface area contributed by atoms with E-state index in [1.54, 1.807) is 6.07 Å². The van der Waals surface area contributed by atoms with Crippen LogP contribution in [0.1, 0.15) is 33.0 Å². The van der Waals surface area contributed by atoms with Crippen molar-refractivity contribution in [1.29, 1.82) is 0 Å². The van der Waals surface area contributed by atoms with Crippen LogP contribution in [-0.2, 0) is 23.0 Å². The predicted molar refractivity (Wildman–Crippen MR) is 98.1 cm³/mol. The molecule has 0 spiro atoms. The first kappa shape index (κ1) is 18.8. The minimum atomic E-state index is -0.928. The maximum atomic E-state index is 13.4. The van der Waals surface area contributed by atoms with Crippen molar-refractivity contribution >= 4 is 16.9 Å². The minimum Gasteiger partial charge on any atom is -0.378 e. The van der Waals surface area contributed by atoms with Gasteiger partial charge < -0.3 is 20.4 Å². The SMILES string of the molecule is CCOC1CC(N)(C(=O)NCCc2nc3ccc(F)cc3n2C)C1(C)C. The van der Waals surface area contributed by atoms with E-state index in [1.807, 2.05) is 32.4 Å². The summed E-state index contributed by atoms with van der Waals surface area (Å²) < 4.78 is 20.9. The van der Waals surface area contributed by atoms with Crippen molar-refractivity contribution in [2.45, 2.75) is 45.3 Å². The molecule has 142 valence electrons. The lowest BCUT2D eigenvalue weighted by molar-refractivity contribution is -0.170. The number of carbonyl (C=O) groups excluding carboxylic acids is 1. The van der Waals surface area contributed by atoms with Crippen LogP contribution in [0, 0.1) is 11.2 Å². The Labute approximate surface area is 152 Å². The molecular weight excluding hydrogens is 335 g/mol. The number of carbonyl (C=O) groups is 1. The van der Waals surface area contributed by atoms with E-state index < -0.39 is 11.0 Å². The lowest BCUT2D eigenvalue weighted by atomic mass is 9.54. The number of fused-ring (bicyclic) bond motifs is 1. The summed E-state index contributed by atoms with van der Waals surface area (Å²) in [4.78, 5) is 17.1. The van der Waals surface area contributed by atoms with Gasteiger partial charge in [-0.05, 0) is 25.1 Å². The van der Waals surface area contributed by atoms with Crippen molar-refractivity contribution in [3.05, 3.63) is 29.8 Å². The van der Waals surface area contributed by atoms with E-state index in [-0.39, 0.29) is 17.8 Å². The van der Waals surface area contributed by atoms with E-state index in [9.17, 15) is 9.18 Å². The molecule has 1 aliphatic rings. The maximum absolute atomic E-state index is 13.4. The molecule has 1 aromatic carbocycles. The largest absolute Gasteiger partial charge is 0.378 e. The normalized spacial score (nSPS) is 24.5. The molecule has 1 saturated carbocycles. The zero-order valence-electron chi connectivity index (χ0n) is 15.8. The van der Waals surface area contributed by atoms with Crippen LogP contribution < -0.4 is 11.1 Å². The van der Waals surface area contributed by atoms with Gasteiger partial charge in [0, 0.05) is 38.5 Å². The monoisotopic (exact) mass is 362 g/mol. The molecule has 3 N–H and O–H groups in total. The van der Waals surface area contributed by atoms with Crippen molar-refractivity contribution in [3.8, 4) is 0 Å². The van der Waals surface area contributed by atoms with E-state index in [1.165, 1.54) is 12.1 Å². The van der Waals surface area contributed by atoms with Crippen molar-refractivity contribution in [2.24, 2.45) is 18.2 Å². The van der Waals surface area contributed by atoms with Crippen LogP contribution in [0.3, 0.4) is 0 Å². The van der Waals surface area contributed by atoms with Crippen LogP contribution in [0.4, 0.5) is 4.39 Å². The number of benzene rings is 1. The molecule has 1 fully saturated rings. The Kier molecular flexibility index (Phi) is 4.79. The molecule has 0 aliphatic heterocycles. The van der Waals surface area contributed by atoms with Crippen molar-refractivity contribution in [1.82, 2.24) is 14.9 Å². The first-order chi connectivity index (χ1) is 12.2. The number of aromatic nitrogens is 2. The molecule has 3 rings (SSSR count). The van der Waals surface area contributed by atoms with Crippen LogP contribution >= 0.6 is 0 Å². The highest BCUT2D eigenvalue weighted by atomic mass is 19.1. The quantitative estimate of drug-likeness (QED) is 0.822. The van der Waals surface area contributed by atoms with E-state index in [2.05, 4.69) is 10.3 Å². The number of hydrogen-bond acceptors (Lipinski definition) is 4. The Bertz CT molecular complexity index is 832. The number of ether oxygens (including phenoxy) is 1. The summed E-state index contributed by atoms with van der Waals surface area (Å²) in [7, 11) is 1.85. The summed E-state index contributed by atoms with van der Waals surface area (Å²) >= 11 is 0. The minimum absolute atomic E-state index is 0.00186. The van der Waals surface area contributed by atoms with Gasteiger partial charge in [0.15, 0.2) is 0 Å². The lowest BCUT2D eigenvalue weighted by Crippen LogP contribution is -2.75. The summed E-state index contributed by atoms with van der Waals surface area (Å²) in [6, 6.07) is 4.52. The molecule has 0 radical (unpaired) electrons. The third kappa shape index (κ3) is 2.89. The first-order valence-electron chi connectivity index (χ1n) is 9.00. The molecule has 6 nitrogen and oxygen atoms in total. The Morgan fingerprint density at radius 2 is 2.23 bits per heavy atom. The molecule has 26 heavy (non-hydrogen) atoms. The zero-order valence-corrected chi connectivity index (χ0v) is 15.8. The number of halogens is 1. The molecule has 2 atom stereocenters. The highest BCUT2D eigenvalue weighted by Crippen LogP contribution is 2.49. The number of imidazole rings is 1. The Morgan fingerprint density at radius 1 is 1.50 bits per heavy atom. The molecular formula is C19H27FN4O2. The fraction of sp³-hybridized carbons (Fsp3) is 0.579. The van der Waals surface area contributed by atoms with Crippen LogP contribution in [0.25, 0.3) is 11.0 Å². The van der Waals surface area contributed by atoms with Gasteiger partial charge in [0.05, 0.1) is 17.1 Å². The van der Waals surface area contributed by atoms with Gasteiger partial charge >= 0.3 is 0 Å². The molecule has 7 heteroatoms. The summed E-state index contributed by atoms with van der Waals surface area (Å²) in [5, 5.41) is 2.93. The summed E-state index contributed by atoms with van der Waals surface area (Å²) in [6.45, 7) is 6.91. The van der Waals surface area contributed by atoms with Gasteiger partial charge in [-0.1, -0.05) is 13.8 Å². The van der Waals surface area contributed by atoms with Gasteiger partial charge in [-0.2, -0.15) is 0 Å². The molecule has 1 heterocycles. The van der Waals surface area contributed by atoms with E-state index in [0.29, 0.717) is 26.0 Å². The van der Waals surface area contributed by atoms with Crippen LogP contribution in [0.2, 0.25) is 0 Å². The average molecular weight is 362 g/mol. The average Bonchev–Trinajstić information content (AvgIpc) is 2.90. The Hall–Kier alpha value is -1.99. The molecule has 1 aliphatic carbocycles. The number of aryl methyl sites for hydroxylation is 1. The van der Waals surface area contributed by atoms with Crippen molar-refractivity contribution < 1.29 is 13.9 Å². The molecule has 0 bridgehead atoms. The van der Waals surface area contributed by atoms with Crippen molar-refractivity contribution in [2.75, 3.05) is 13.2 Å². The molecule has 2 unspecified atom stereocenters. The number of amides is 1. The molecule has 2 aromatic rings. The number of nitrogens with zero attached hydrogens (tertiary/aromatic N) is 2.